The number of allylic oxidation sites excluding steroid dienone is 2. The molecule has 1 aromatic carbocycles. The maximum atomic E-state index is 13.5. The van der Waals surface area contributed by atoms with Gasteiger partial charge in [0.25, 0.3) is 0 Å². The average molecular weight is 550 g/mol. The van der Waals surface area contributed by atoms with E-state index in [9.17, 15) is 19.1 Å². The SMILES string of the molecule is CC/C=C(\Cc1ccc(F)cc1C)SC(=NC)c1cn(CCN(C=O)CCOC)c(C)c(O)c1=O.COC. The zero-order valence-electron chi connectivity index (χ0n) is 23.4. The van der Waals surface area contributed by atoms with Gasteiger partial charge in [-0.3, -0.25) is 14.6 Å². The highest BCUT2D eigenvalue weighted by Crippen LogP contribution is 2.28. The zero-order valence-corrected chi connectivity index (χ0v) is 24.2. The summed E-state index contributed by atoms with van der Waals surface area (Å²) in [5.41, 5.74) is 2.05. The molecule has 2 rings (SSSR count). The van der Waals surface area contributed by atoms with Gasteiger partial charge < -0.3 is 24.0 Å². The number of rotatable bonds is 12. The van der Waals surface area contributed by atoms with Gasteiger partial charge in [0.1, 0.15) is 10.9 Å². The minimum Gasteiger partial charge on any atom is -0.503 e. The molecule has 1 heterocycles. The molecule has 1 amide bonds. The summed E-state index contributed by atoms with van der Waals surface area (Å²) in [6.07, 6.45) is 5.85. The lowest BCUT2D eigenvalue weighted by Gasteiger charge is -2.20. The van der Waals surface area contributed by atoms with Gasteiger partial charge in [0.15, 0.2) is 5.75 Å². The van der Waals surface area contributed by atoms with E-state index in [0.717, 1.165) is 28.9 Å². The number of ether oxygens (including phenoxy) is 2. The largest absolute Gasteiger partial charge is 0.503 e. The number of amides is 1. The fraction of sp³-hybridized carbons (Fsp3) is 0.464. The van der Waals surface area contributed by atoms with Crippen LogP contribution in [0.15, 0.2) is 45.2 Å². The summed E-state index contributed by atoms with van der Waals surface area (Å²) in [5, 5.41) is 11.0. The summed E-state index contributed by atoms with van der Waals surface area (Å²) in [5.74, 6) is -0.615. The van der Waals surface area contributed by atoms with Crippen molar-refractivity contribution in [2.24, 2.45) is 4.99 Å². The van der Waals surface area contributed by atoms with Gasteiger partial charge in [-0.15, -0.1) is 0 Å². The summed E-state index contributed by atoms with van der Waals surface area (Å²) in [4.78, 5) is 31.2. The predicted molar refractivity (Wildman–Crippen MR) is 153 cm³/mol. The molecule has 0 fully saturated rings. The second-order valence-electron chi connectivity index (χ2n) is 8.50. The van der Waals surface area contributed by atoms with Crippen molar-refractivity contribution in [2.45, 2.75) is 40.2 Å². The molecule has 2 aromatic rings. The van der Waals surface area contributed by atoms with Crippen LogP contribution in [0, 0.1) is 19.7 Å². The third kappa shape index (κ3) is 10.1. The summed E-state index contributed by atoms with van der Waals surface area (Å²) < 4.78 is 24.6. The van der Waals surface area contributed by atoms with E-state index in [0.29, 0.717) is 43.4 Å². The van der Waals surface area contributed by atoms with Crippen LogP contribution in [0.5, 0.6) is 5.75 Å². The molecule has 0 aliphatic heterocycles. The van der Waals surface area contributed by atoms with Gasteiger partial charge in [-0.2, -0.15) is 0 Å². The summed E-state index contributed by atoms with van der Waals surface area (Å²) in [6, 6.07) is 4.71. The monoisotopic (exact) mass is 549 g/mol. The lowest BCUT2D eigenvalue weighted by molar-refractivity contribution is -0.118. The molecule has 0 spiro atoms. The first-order valence-corrected chi connectivity index (χ1v) is 13.1. The van der Waals surface area contributed by atoms with Crippen LogP contribution in [0.25, 0.3) is 0 Å². The van der Waals surface area contributed by atoms with Crippen LogP contribution in [-0.4, -0.2) is 74.1 Å². The highest BCUT2D eigenvalue weighted by atomic mass is 32.2. The first-order chi connectivity index (χ1) is 18.2. The molecule has 0 bridgehead atoms. The molecule has 0 unspecified atom stereocenters. The molecule has 10 heteroatoms. The fourth-order valence-corrected chi connectivity index (χ4v) is 4.63. The van der Waals surface area contributed by atoms with Crippen LogP contribution in [0.4, 0.5) is 4.39 Å². The molecule has 0 aliphatic rings. The van der Waals surface area contributed by atoms with Gasteiger partial charge in [0, 0.05) is 60.6 Å². The Morgan fingerprint density at radius 1 is 1.24 bits per heavy atom. The maximum Gasteiger partial charge on any atom is 0.233 e. The van der Waals surface area contributed by atoms with Crippen molar-refractivity contribution in [3.8, 4) is 5.75 Å². The smallest absolute Gasteiger partial charge is 0.233 e. The van der Waals surface area contributed by atoms with Crippen LogP contribution in [-0.2, 0) is 27.2 Å². The zero-order chi connectivity index (χ0) is 28.7. The number of methoxy groups -OCH3 is 2. The van der Waals surface area contributed by atoms with Gasteiger partial charge in [-0.25, -0.2) is 4.39 Å². The number of carbonyl (C=O) groups is 1. The maximum absolute atomic E-state index is 13.5. The van der Waals surface area contributed by atoms with Crippen LogP contribution < -0.4 is 5.43 Å². The number of thioether (sulfide) groups is 1. The number of aromatic hydroxyl groups is 1. The van der Waals surface area contributed by atoms with Crippen molar-refractivity contribution in [3.63, 3.8) is 0 Å². The van der Waals surface area contributed by atoms with E-state index in [-0.39, 0.29) is 17.1 Å². The van der Waals surface area contributed by atoms with Gasteiger partial charge in [0.05, 0.1) is 17.9 Å². The molecule has 0 radical (unpaired) electrons. The number of hydrogen-bond acceptors (Lipinski definition) is 7. The fourth-order valence-electron chi connectivity index (χ4n) is 3.55. The Balaban J connectivity index is 0.00000229. The second kappa shape index (κ2) is 17.5. The van der Waals surface area contributed by atoms with Gasteiger partial charge in [-0.05, 0) is 48.4 Å². The van der Waals surface area contributed by atoms with Crippen LogP contribution in [0.3, 0.4) is 0 Å². The lowest BCUT2D eigenvalue weighted by atomic mass is 10.1. The molecule has 0 saturated heterocycles. The number of benzene rings is 1. The van der Waals surface area contributed by atoms with E-state index in [1.807, 2.05) is 13.8 Å². The minimum absolute atomic E-state index is 0.276. The number of pyridine rings is 1. The quantitative estimate of drug-likeness (QED) is 0.241. The number of carbonyl (C=O) groups excluding carboxylic acids is 1. The molecule has 1 N–H and O–H groups in total. The molecular formula is C28H40FN3O5S. The molecule has 0 atom stereocenters. The number of nitrogens with zero attached hydrogens (tertiary/aromatic N) is 3. The van der Waals surface area contributed by atoms with Gasteiger partial charge in [0.2, 0.25) is 11.8 Å². The van der Waals surface area contributed by atoms with Crippen molar-refractivity contribution >= 4 is 23.2 Å². The molecule has 8 nitrogen and oxygen atoms in total. The topological polar surface area (TPSA) is 93.4 Å². The van der Waals surface area contributed by atoms with Crippen LogP contribution in [0.2, 0.25) is 0 Å². The van der Waals surface area contributed by atoms with E-state index in [1.54, 1.807) is 57.0 Å². The second-order valence-corrected chi connectivity index (χ2v) is 9.61. The Bertz CT molecular complexity index is 1160. The predicted octanol–water partition coefficient (Wildman–Crippen LogP) is 4.32. The first kappa shape index (κ1) is 33.1. The van der Waals surface area contributed by atoms with E-state index in [1.165, 1.54) is 23.9 Å². The highest BCUT2D eigenvalue weighted by molar-refractivity contribution is 8.17. The van der Waals surface area contributed by atoms with Crippen LogP contribution in [0.1, 0.15) is 35.7 Å². The van der Waals surface area contributed by atoms with E-state index < -0.39 is 5.43 Å². The normalized spacial score (nSPS) is 11.7. The minimum atomic E-state index is -0.493. The molecule has 210 valence electrons. The number of aliphatic imine (C=N–C) groups is 1. The Hall–Kier alpha value is -2.95. The summed E-state index contributed by atoms with van der Waals surface area (Å²) in [6.45, 7) is 7.21. The Labute approximate surface area is 229 Å². The molecular weight excluding hydrogens is 509 g/mol. The van der Waals surface area contributed by atoms with Gasteiger partial charge in [-0.1, -0.05) is 30.8 Å². The van der Waals surface area contributed by atoms with Crippen LogP contribution >= 0.6 is 11.8 Å². The standard InChI is InChI=1S/C26H34FN3O4S.C2H6O/c1-6-7-22(15-20-8-9-21(27)14-18(20)2)35-26(28-4)23-16-30(19(3)24(32)25(23)33)11-10-29(17-31)12-13-34-5;1-3-2/h7-9,14,16-17,32H,6,10-13,15H2,1-5H3;1-2H3/b22-7+,28-26?;. The molecule has 1 aromatic heterocycles. The molecule has 0 aliphatic carbocycles. The van der Waals surface area contributed by atoms with Crippen molar-refractivity contribution in [2.75, 3.05) is 48.1 Å². The van der Waals surface area contributed by atoms with E-state index in [2.05, 4.69) is 15.8 Å². The van der Waals surface area contributed by atoms with Gasteiger partial charge >= 0.3 is 0 Å². The van der Waals surface area contributed by atoms with Crippen molar-refractivity contribution in [1.29, 1.82) is 0 Å². The van der Waals surface area contributed by atoms with E-state index >= 15 is 0 Å². The van der Waals surface area contributed by atoms with Crippen molar-refractivity contribution in [1.82, 2.24) is 9.47 Å². The summed E-state index contributed by atoms with van der Waals surface area (Å²) >= 11 is 1.36. The van der Waals surface area contributed by atoms with E-state index in [4.69, 9.17) is 4.74 Å². The Morgan fingerprint density at radius 2 is 1.92 bits per heavy atom. The molecule has 38 heavy (non-hydrogen) atoms. The number of aryl methyl sites for hydroxylation is 1. The van der Waals surface area contributed by atoms with Crippen molar-refractivity contribution in [3.05, 3.63) is 73.8 Å². The number of hydrogen-bond donors (Lipinski definition) is 1. The average Bonchev–Trinajstić information content (AvgIpc) is 2.89. The Kier molecular flexibility index (Phi) is 15.3. The lowest BCUT2D eigenvalue weighted by Crippen LogP contribution is -2.30. The van der Waals surface area contributed by atoms with Crippen molar-refractivity contribution < 1.29 is 23.8 Å². The Morgan fingerprint density at radius 3 is 2.47 bits per heavy atom. The molecule has 0 saturated carbocycles. The third-order valence-electron chi connectivity index (χ3n) is 5.64. The first-order valence-electron chi connectivity index (χ1n) is 12.3. The highest BCUT2D eigenvalue weighted by Gasteiger charge is 2.18. The summed E-state index contributed by atoms with van der Waals surface area (Å²) in [7, 11) is 6.43. The number of aromatic nitrogens is 1. The number of halogens is 1. The third-order valence-corrected chi connectivity index (χ3v) is 6.81.